The number of rotatable bonds is 3. The highest BCUT2D eigenvalue weighted by atomic mass is 16.2. The fraction of sp³-hybridized carbons (Fsp3) is 0.125. The summed E-state index contributed by atoms with van der Waals surface area (Å²) in [5, 5.41) is 0. The second kappa shape index (κ2) is 6.76. The van der Waals surface area contributed by atoms with Crippen molar-refractivity contribution in [2.24, 2.45) is 5.73 Å². The number of hydrogen-bond donors (Lipinski definition) is 1. The summed E-state index contributed by atoms with van der Waals surface area (Å²) < 4.78 is 0. The van der Waals surface area contributed by atoms with Gasteiger partial charge in [0.15, 0.2) is 0 Å². The number of anilines is 1. The number of carbonyl (C=O) groups excluding carboxylic acids is 1. The van der Waals surface area contributed by atoms with Crippen LogP contribution >= 0.6 is 0 Å². The molecule has 1 atom stereocenters. The third-order valence-corrected chi connectivity index (χ3v) is 5.04. The van der Waals surface area contributed by atoms with E-state index in [1.165, 1.54) is 5.56 Å². The molecule has 3 nitrogen and oxygen atoms in total. The van der Waals surface area contributed by atoms with E-state index < -0.39 is 0 Å². The highest BCUT2D eigenvalue weighted by molar-refractivity contribution is 6.30. The zero-order valence-electron chi connectivity index (χ0n) is 15.5. The Morgan fingerprint density at radius 1 is 0.778 bits per heavy atom. The van der Waals surface area contributed by atoms with Gasteiger partial charge in [-0.1, -0.05) is 77.9 Å². The van der Waals surface area contributed by atoms with Crippen molar-refractivity contribution in [1.82, 2.24) is 0 Å². The molecule has 3 aromatic rings. The van der Waals surface area contributed by atoms with Gasteiger partial charge in [-0.05, 0) is 37.1 Å². The molecule has 0 saturated heterocycles. The highest BCUT2D eigenvalue weighted by Crippen LogP contribution is 2.42. The molecule has 0 fully saturated rings. The van der Waals surface area contributed by atoms with Crippen LogP contribution in [0.4, 0.5) is 5.69 Å². The minimum Gasteiger partial charge on any atom is -0.399 e. The van der Waals surface area contributed by atoms with Gasteiger partial charge in [-0.2, -0.15) is 0 Å². The van der Waals surface area contributed by atoms with E-state index in [0.717, 1.165) is 22.4 Å². The molecule has 0 aromatic heterocycles. The van der Waals surface area contributed by atoms with E-state index in [1.807, 2.05) is 66.4 Å². The van der Waals surface area contributed by atoms with Crippen LogP contribution in [0.25, 0.3) is 5.57 Å². The molecule has 1 unspecified atom stereocenters. The summed E-state index contributed by atoms with van der Waals surface area (Å²) in [5.74, 6) is -0.0619. The summed E-state index contributed by atoms with van der Waals surface area (Å²) in [6, 6.07) is 25.6. The van der Waals surface area contributed by atoms with Crippen LogP contribution in [0, 0.1) is 13.8 Å². The highest BCUT2D eigenvalue weighted by Gasteiger charge is 2.40. The van der Waals surface area contributed by atoms with Gasteiger partial charge in [-0.25, -0.2) is 0 Å². The Morgan fingerprint density at radius 2 is 1.33 bits per heavy atom. The Hall–Kier alpha value is -3.33. The molecule has 1 heterocycles. The van der Waals surface area contributed by atoms with Crippen molar-refractivity contribution in [2.45, 2.75) is 19.9 Å². The third-order valence-electron chi connectivity index (χ3n) is 5.04. The molecule has 0 radical (unpaired) electrons. The monoisotopic (exact) mass is 354 g/mol. The maximum Gasteiger partial charge on any atom is 0.261 e. The summed E-state index contributed by atoms with van der Waals surface area (Å²) in [6.45, 7) is 4.09. The van der Waals surface area contributed by atoms with Crippen LogP contribution in [-0.2, 0) is 4.79 Å². The summed E-state index contributed by atoms with van der Waals surface area (Å²) in [5.41, 5.74) is 12.8. The molecule has 0 aliphatic carbocycles. The molecule has 0 spiro atoms. The number of hydrogen-bond acceptors (Lipinski definition) is 2. The SMILES string of the molecule is Cc1ccc(C2C(N)=C(c3ccccc3)C(=O)N2c2ccc(C)cc2)cc1. The van der Waals surface area contributed by atoms with E-state index >= 15 is 0 Å². The van der Waals surface area contributed by atoms with Gasteiger partial charge in [0.25, 0.3) is 5.91 Å². The average Bonchev–Trinajstić information content (AvgIpc) is 2.94. The first-order valence-corrected chi connectivity index (χ1v) is 9.08. The molecule has 134 valence electrons. The van der Waals surface area contributed by atoms with Crippen LogP contribution in [0.2, 0.25) is 0 Å². The predicted molar refractivity (Wildman–Crippen MR) is 110 cm³/mol. The second-order valence-corrected chi connectivity index (χ2v) is 7.02. The van der Waals surface area contributed by atoms with Crippen molar-refractivity contribution in [3.63, 3.8) is 0 Å². The van der Waals surface area contributed by atoms with Crippen molar-refractivity contribution >= 4 is 17.2 Å². The Morgan fingerprint density at radius 3 is 1.93 bits per heavy atom. The van der Waals surface area contributed by atoms with Crippen molar-refractivity contribution in [1.29, 1.82) is 0 Å². The molecule has 27 heavy (non-hydrogen) atoms. The van der Waals surface area contributed by atoms with Crippen LogP contribution < -0.4 is 10.6 Å². The van der Waals surface area contributed by atoms with Crippen LogP contribution in [0.1, 0.15) is 28.3 Å². The topological polar surface area (TPSA) is 46.3 Å². The fourth-order valence-corrected chi connectivity index (χ4v) is 3.58. The largest absolute Gasteiger partial charge is 0.399 e. The standard InChI is InChI=1S/C24H22N2O/c1-16-8-12-19(13-9-16)23-22(25)21(18-6-4-3-5-7-18)24(27)26(23)20-14-10-17(2)11-15-20/h3-15,23H,25H2,1-2H3. The van der Waals surface area contributed by atoms with E-state index in [2.05, 4.69) is 31.2 Å². The molecule has 0 bridgehead atoms. The summed E-state index contributed by atoms with van der Waals surface area (Å²) >= 11 is 0. The van der Waals surface area contributed by atoms with E-state index in [-0.39, 0.29) is 11.9 Å². The summed E-state index contributed by atoms with van der Waals surface area (Å²) in [4.78, 5) is 15.2. The van der Waals surface area contributed by atoms with Gasteiger partial charge in [-0.15, -0.1) is 0 Å². The third kappa shape index (κ3) is 3.02. The number of amides is 1. The lowest BCUT2D eigenvalue weighted by Crippen LogP contribution is -2.30. The first kappa shape index (κ1) is 17.1. The Kier molecular flexibility index (Phi) is 4.28. The van der Waals surface area contributed by atoms with E-state index in [1.54, 1.807) is 0 Å². The lowest BCUT2D eigenvalue weighted by molar-refractivity contribution is -0.113. The van der Waals surface area contributed by atoms with Gasteiger partial charge < -0.3 is 5.73 Å². The lowest BCUT2D eigenvalue weighted by atomic mass is 9.99. The molecule has 2 N–H and O–H groups in total. The van der Waals surface area contributed by atoms with Crippen LogP contribution in [0.5, 0.6) is 0 Å². The minimum absolute atomic E-state index is 0.0619. The molecule has 3 aromatic carbocycles. The van der Waals surface area contributed by atoms with Crippen LogP contribution in [-0.4, -0.2) is 5.91 Å². The van der Waals surface area contributed by atoms with Crippen molar-refractivity contribution in [2.75, 3.05) is 4.90 Å². The first-order valence-electron chi connectivity index (χ1n) is 9.08. The Balaban J connectivity index is 1.88. The molecule has 1 aliphatic rings. The normalized spacial score (nSPS) is 16.9. The number of nitrogens with two attached hydrogens (primary N) is 1. The maximum absolute atomic E-state index is 13.4. The Bertz CT molecular complexity index is 1000. The summed E-state index contributed by atoms with van der Waals surface area (Å²) in [6.07, 6.45) is 0. The van der Waals surface area contributed by atoms with Gasteiger partial charge >= 0.3 is 0 Å². The van der Waals surface area contributed by atoms with Crippen LogP contribution in [0.3, 0.4) is 0 Å². The minimum atomic E-state index is -0.309. The quantitative estimate of drug-likeness (QED) is 0.737. The zero-order chi connectivity index (χ0) is 19.0. The van der Waals surface area contributed by atoms with Gasteiger partial charge in [0, 0.05) is 11.4 Å². The Labute approximate surface area is 159 Å². The summed E-state index contributed by atoms with van der Waals surface area (Å²) in [7, 11) is 0. The number of benzene rings is 3. The number of carbonyl (C=O) groups is 1. The molecule has 3 heteroatoms. The van der Waals surface area contributed by atoms with E-state index in [0.29, 0.717) is 11.3 Å². The van der Waals surface area contributed by atoms with Crippen molar-refractivity contribution in [3.05, 3.63) is 107 Å². The fourth-order valence-electron chi connectivity index (χ4n) is 3.58. The van der Waals surface area contributed by atoms with E-state index in [9.17, 15) is 4.79 Å². The van der Waals surface area contributed by atoms with Gasteiger partial charge in [0.2, 0.25) is 0 Å². The molecule has 0 saturated carbocycles. The molecule has 1 aliphatic heterocycles. The van der Waals surface area contributed by atoms with Crippen LogP contribution in [0.15, 0.2) is 84.6 Å². The molecule has 1 amide bonds. The van der Waals surface area contributed by atoms with Gasteiger partial charge in [0.05, 0.1) is 5.57 Å². The average molecular weight is 354 g/mol. The number of aryl methyl sites for hydroxylation is 2. The van der Waals surface area contributed by atoms with Gasteiger partial charge in [0.1, 0.15) is 6.04 Å². The van der Waals surface area contributed by atoms with Crippen molar-refractivity contribution in [3.8, 4) is 0 Å². The smallest absolute Gasteiger partial charge is 0.261 e. The lowest BCUT2D eigenvalue weighted by Gasteiger charge is -2.27. The molecular weight excluding hydrogens is 332 g/mol. The first-order chi connectivity index (χ1) is 13.1. The van der Waals surface area contributed by atoms with E-state index in [4.69, 9.17) is 5.73 Å². The molecular formula is C24H22N2O. The number of nitrogens with zero attached hydrogens (tertiary/aromatic N) is 1. The zero-order valence-corrected chi connectivity index (χ0v) is 15.5. The van der Waals surface area contributed by atoms with Crippen molar-refractivity contribution < 1.29 is 4.79 Å². The van der Waals surface area contributed by atoms with Gasteiger partial charge in [-0.3, -0.25) is 9.69 Å². The maximum atomic E-state index is 13.4. The molecule has 4 rings (SSSR count). The predicted octanol–water partition coefficient (Wildman–Crippen LogP) is 4.76. The second-order valence-electron chi connectivity index (χ2n) is 7.02.